The molecule has 0 radical (unpaired) electrons. The molecule has 4 heterocycles. The zero-order valence-corrected chi connectivity index (χ0v) is 18.4. The maximum atomic E-state index is 6.22. The van der Waals surface area contributed by atoms with Crippen LogP contribution in [0.15, 0.2) is 67.0 Å². The predicted molar refractivity (Wildman–Crippen MR) is 122 cm³/mol. The van der Waals surface area contributed by atoms with E-state index < -0.39 is 0 Å². The Morgan fingerprint density at radius 2 is 1.88 bits per heavy atom. The number of aromatic nitrogens is 7. The Morgan fingerprint density at radius 3 is 2.59 bits per heavy atom. The largest absolute Gasteiger partial charge is 0.314 e. The first kappa shape index (κ1) is 19.2. The molecule has 0 spiro atoms. The minimum atomic E-state index is 0.0120. The lowest BCUT2D eigenvalue weighted by Crippen LogP contribution is -2.35. The SMILES string of the molecule is CCC1c2nncn2-c2cnc(-n3ccnc3-c3cc(Cl)cc(Cl)c3)nc2N1C1=CC=C1. The summed E-state index contributed by atoms with van der Waals surface area (Å²) in [5, 5.41) is 9.57. The zero-order valence-electron chi connectivity index (χ0n) is 16.9. The fraction of sp³-hybridized carbons (Fsp3) is 0.136. The molecule has 6 rings (SSSR count). The summed E-state index contributed by atoms with van der Waals surface area (Å²) >= 11 is 12.4. The summed E-state index contributed by atoms with van der Waals surface area (Å²) < 4.78 is 3.78. The van der Waals surface area contributed by atoms with Gasteiger partial charge in [-0.25, -0.2) is 9.97 Å². The van der Waals surface area contributed by atoms with Crippen molar-refractivity contribution in [2.75, 3.05) is 4.90 Å². The van der Waals surface area contributed by atoms with Crippen LogP contribution < -0.4 is 4.90 Å². The van der Waals surface area contributed by atoms with Crippen molar-refractivity contribution in [3.05, 3.63) is 82.9 Å². The van der Waals surface area contributed by atoms with E-state index >= 15 is 0 Å². The number of fused-ring (bicyclic) bond motifs is 3. The average molecular weight is 463 g/mol. The van der Waals surface area contributed by atoms with Crippen molar-refractivity contribution in [3.63, 3.8) is 0 Å². The number of nitrogens with zero attached hydrogens (tertiary/aromatic N) is 8. The first-order chi connectivity index (χ1) is 15.6. The van der Waals surface area contributed by atoms with Crippen LogP contribution in [0.25, 0.3) is 23.0 Å². The van der Waals surface area contributed by atoms with E-state index in [4.69, 9.17) is 28.2 Å². The normalized spacial score (nSPS) is 16.4. The van der Waals surface area contributed by atoms with Crippen molar-refractivity contribution in [2.24, 2.45) is 0 Å². The Bertz CT molecular complexity index is 1400. The average Bonchev–Trinajstić information content (AvgIpc) is 3.41. The lowest BCUT2D eigenvalue weighted by Gasteiger charge is -2.38. The Balaban J connectivity index is 1.52. The highest BCUT2D eigenvalue weighted by Crippen LogP contribution is 2.42. The Kier molecular flexibility index (Phi) is 4.38. The standard InChI is InChI=1S/C22H16Cl2N8/c1-2-17-21-29-27-12-31(21)18-11-26-22(28-20(18)32(17)16-4-3-5-16)30-7-6-25-19(30)13-8-14(23)10-15(24)9-13/h3-12,17H,2H2,1H3. The van der Waals surface area contributed by atoms with Crippen molar-refractivity contribution in [1.29, 1.82) is 0 Å². The number of hydrogen-bond acceptors (Lipinski definition) is 6. The molecule has 8 nitrogen and oxygen atoms in total. The van der Waals surface area contributed by atoms with Crippen molar-refractivity contribution in [2.45, 2.75) is 19.4 Å². The topological polar surface area (TPSA) is 77.5 Å². The van der Waals surface area contributed by atoms with Crippen LogP contribution in [0.5, 0.6) is 0 Å². The van der Waals surface area contributed by atoms with Gasteiger partial charge in [-0.05, 0) is 36.8 Å². The van der Waals surface area contributed by atoms with Gasteiger partial charge in [-0.15, -0.1) is 10.2 Å². The van der Waals surface area contributed by atoms with Gasteiger partial charge in [0.1, 0.15) is 17.8 Å². The van der Waals surface area contributed by atoms with Crippen molar-refractivity contribution >= 4 is 29.0 Å². The van der Waals surface area contributed by atoms with Crippen LogP contribution in [-0.4, -0.2) is 34.3 Å². The molecule has 1 unspecified atom stereocenters. The molecule has 158 valence electrons. The minimum absolute atomic E-state index is 0.0120. The second-order valence-electron chi connectivity index (χ2n) is 7.46. The molecular weight excluding hydrogens is 447 g/mol. The quantitative estimate of drug-likeness (QED) is 0.427. The highest BCUT2D eigenvalue weighted by molar-refractivity contribution is 6.35. The van der Waals surface area contributed by atoms with Gasteiger partial charge in [0.2, 0.25) is 5.95 Å². The summed E-state index contributed by atoms with van der Waals surface area (Å²) in [7, 11) is 0. The molecule has 0 amide bonds. The fourth-order valence-corrected chi connectivity index (χ4v) is 4.64. The summed E-state index contributed by atoms with van der Waals surface area (Å²) in [4.78, 5) is 16.3. The van der Waals surface area contributed by atoms with Gasteiger partial charge in [0.15, 0.2) is 11.6 Å². The van der Waals surface area contributed by atoms with Gasteiger partial charge >= 0.3 is 0 Å². The lowest BCUT2D eigenvalue weighted by atomic mass is 10.1. The zero-order chi connectivity index (χ0) is 21.8. The van der Waals surface area contributed by atoms with Gasteiger partial charge in [0, 0.05) is 33.7 Å². The van der Waals surface area contributed by atoms with E-state index in [0.717, 1.165) is 35.0 Å². The van der Waals surface area contributed by atoms with Gasteiger partial charge in [0.25, 0.3) is 0 Å². The molecule has 0 fully saturated rings. The molecule has 0 N–H and O–H groups in total. The summed E-state index contributed by atoms with van der Waals surface area (Å²) in [6, 6.07) is 5.34. The van der Waals surface area contributed by atoms with Crippen molar-refractivity contribution in [3.8, 4) is 23.0 Å². The number of benzene rings is 1. The van der Waals surface area contributed by atoms with Crippen LogP contribution in [0.2, 0.25) is 10.0 Å². The highest BCUT2D eigenvalue weighted by atomic mass is 35.5. The van der Waals surface area contributed by atoms with Crippen LogP contribution in [0.3, 0.4) is 0 Å². The van der Waals surface area contributed by atoms with Gasteiger partial charge < -0.3 is 4.90 Å². The number of halogens is 2. The van der Waals surface area contributed by atoms with E-state index in [9.17, 15) is 0 Å². The Morgan fingerprint density at radius 1 is 1.06 bits per heavy atom. The summed E-state index contributed by atoms with van der Waals surface area (Å²) in [6.07, 6.45) is 14.0. The predicted octanol–water partition coefficient (Wildman–Crippen LogP) is 4.94. The van der Waals surface area contributed by atoms with Gasteiger partial charge in [-0.1, -0.05) is 36.2 Å². The monoisotopic (exact) mass is 462 g/mol. The number of rotatable bonds is 4. The van der Waals surface area contributed by atoms with Crippen LogP contribution in [0, 0.1) is 0 Å². The first-order valence-electron chi connectivity index (χ1n) is 10.1. The number of hydrogen-bond donors (Lipinski definition) is 0. The van der Waals surface area contributed by atoms with E-state index in [-0.39, 0.29) is 6.04 Å². The number of anilines is 1. The molecule has 32 heavy (non-hydrogen) atoms. The third-order valence-corrected chi connectivity index (χ3v) is 6.02. The first-order valence-corrected chi connectivity index (χ1v) is 10.8. The van der Waals surface area contributed by atoms with Gasteiger partial charge in [-0.2, -0.15) is 4.98 Å². The summed E-state index contributed by atoms with van der Waals surface area (Å²) in [5.41, 5.74) is 2.68. The summed E-state index contributed by atoms with van der Waals surface area (Å²) in [6.45, 7) is 2.13. The highest BCUT2D eigenvalue weighted by Gasteiger charge is 2.35. The maximum Gasteiger partial charge on any atom is 0.237 e. The molecule has 0 saturated heterocycles. The Hall–Kier alpha value is -3.49. The second-order valence-corrected chi connectivity index (χ2v) is 8.33. The van der Waals surface area contributed by atoms with E-state index in [1.54, 1.807) is 24.8 Å². The molecule has 4 aromatic rings. The van der Waals surface area contributed by atoms with Crippen LogP contribution in [-0.2, 0) is 0 Å². The van der Waals surface area contributed by atoms with Crippen molar-refractivity contribution in [1.82, 2.24) is 34.3 Å². The molecule has 10 heteroatoms. The molecule has 2 aliphatic rings. The number of allylic oxidation sites excluding steroid dienone is 3. The fourth-order valence-electron chi connectivity index (χ4n) is 4.11. The van der Waals surface area contributed by atoms with E-state index in [1.807, 2.05) is 33.5 Å². The molecule has 0 saturated carbocycles. The maximum absolute atomic E-state index is 6.22. The van der Waals surface area contributed by atoms with E-state index in [1.165, 1.54) is 0 Å². The smallest absolute Gasteiger partial charge is 0.237 e. The van der Waals surface area contributed by atoms with Gasteiger partial charge in [0.05, 0.1) is 12.2 Å². The van der Waals surface area contributed by atoms with Gasteiger partial charge in [-0.3, -0.25) is 9.13 Å². The molecule has 1 aliphatic carbocycles. The minimum Gasteiger partial charge on any atom is -0.314 e. The van der Waals surface area contributed by atoms with E-state index in [0.29, 0.717) is 21.8 Å². The third-order valence-electron chi connectivity index (χ3n) is 5.58. The number of imidazole rings is 1. The van der Waals surface area contributed by atoms with Crippen LogP contribution in [0.1, 0.15) is 25.2 Å². The molecule has 1 atom stereocenters. The third kappa shape index (κ3) is 2.87. The molecule has 0 bridgehead atoms. The Labute approximate surface area is 193 Å². The van der Waals surface area contributed by atoms with Crippen LogP contribution >= 0.6 is 23.2 Å². The molecule has 3 aromatic heterocycles. The lowest BCUT2D eigenvalue weighted by molar-refractivity contribution is 0.574. The van der Waals surface area contributed by atoms with E-state index in [2.05, 4.69) is 44.1 Å². The molecular formula is C22H16Cl2N8. The second kappa shape index (κ2) is 7.29. The summed E-state index contributed by atoms with van der Waals surface area (Å²) in [5.74, 6) is 2.80. The molecule has 1 aromatic carbocycles. The van der Waals surface area contributed by atoms with Crippen LogP contribution in [0.4, 0.5) is 5.82 Å². The molecule has 1 aliphatic heterocycles. The van der Waals surface area contributed by atoms with Crippen molar-refractivity contribution < 1.29 is 0 Å².